The molecule has 1 aromatic carbocycles. The van der Waals surface area contributed by atoms with E-state index in [0.29, 0.717) is 12.3 Å². The van der Waals surface area contributed by atoms with E-state index in [1.807, 2.05) is 30.3 Å². The second kappa shape index (κ2) is 10.8. The molecule has 1 saturated carbocycles. The lowest BCUT2D eigenvalue weighted by molar-refractivity contribution is -0.164. The number of ether oxygens (including phenoxy) is 2. The van der Waals surface area contributed by atoms with Crippen LogP contribution in [0.1, 0.15) is 51.0 Å². The Hall–Kier alpha value is -3.10. The summed E-state index contributed by atoms with van der Waals surface area (Å²) in [4.78, 5) is 48.2. The maximum absolute atomic E-state index is 12.9. The number of esters is 1. The summed E-state index contributed by atoms with van der Waals surface area (Å²) in [6.45, 7) is 1.31. The largest absolute Gasteiger partial charge is 0.445 e. The highest BCUT2D eigenvalue weighted by Crippen LogP contribution is 2.27. The zero-order chi connectivity index (χ0) is 22.2. The first kappa shape index (κ1) is 22.6. The van der Waals surface area contributed by atoms with Crippen LogP contribution in [0, 0.1) is 5.92 Å². The quantitative estimate of drug-likeness (QED) is 0.426. The molecule has 0 spiro atoms. The molecule has 1 heterocycles. The van der Waals surface area contributed by atoms with Gasteiger partial charge in [-0.3, -0.25) is 14.4 Å². The predicted octanol–water partition coefficient (Wildman–Crippen LogP) is 1.76. The summed E-state index contributed by atoms with van der Waals surface area (Å²) in [6.07, 6.45) is 4.19. The van der Waals surface area contributed by atoms with Gasteiger partial charge in [0.25, 0.3) is 5.91 Å². The van der Waals surface area contributed by atoms with Gasteiger partial charge in [0.1, 0.15) is 12.6 Å². The fraction of sp³-hybridized carbons (Fsp3) is 0.545. The molecule has 0 bridgehead atoms. The van der Waals surface area contributed by atoms with E-state index in [4.69, 9.17) is 9.47 Å². The molecule has 2 fully saturated rings. The minimum absolute atomic E-state index is 0.0873. The number of amides is 3. The van der Waals surface area contributed by atoms with Crippen LogP contribution in [-0.2, 0) is 30.5 Å². The van der Waals surface area contributed by atoms with Gasteiger partial charge < -0.3 is 25.4 Å². The van der Waals surface area contributed by atoms with Gasteiger partial charge in [-0.1, -0.05) is 62.4 Å². The van der Waals surface area contributed by atoms with Gasteiger partial charge in [0, 0.05) is 6.92 Å². The summed E-state index contributed by atoms with van der Waals surface area (Å²) >= 11 is 0. The molecule has 3 amide bonds. The van der Waals surface area contributed by atoms with E-state index in [1.165, 1.54) is 13.3 Å². The van der Waals surface area contributed by atoms with Gasteiger partial charge in [-0.15, -0.1) is 0 Å². The second-order valence-corrected chi connectivity index (χ2v) is 8.02. The minimum atomic E-state index is -0.979. The van der Waals surface area contributed by atoms with Crippen LogP contribution in [0.2, 0.25) is 0 Å². The van der Waals surface area contributed by atoms with Crippen LogP contribution in [0.25, 0.3) is 0 Å². The Balaban J connectivity index is 1.59. The average molecular weight is 431 g/mol. The summed E-state index contributed by atoms with van der Waals surface area (Å²) in [6, 6.07) is 7.41. The number of hydrogen-bond donors (Lipinski definition) is 3. The molecule has 0 unspecified atom stereocenters. The maximum Gasteiger partial charge on any atom is 0.408 e. The number of carbonyl (C=O) groups excluding carboxylic acids is 4. The first-order valence-corrected chi connectivity index (χ1v) is 10.7. The number of hydrogen-bond acceptors (Lipinski definition) is 6. The van der Waals surface area contributed by atoms with E-state index < -0.39 is 42.2 Å². The summed E-state index contributed by atoms with van der Waals surface area (Å²) < 4.78 is 10.2. The molecule has 1 aromatic rings. The van der Waals surface area contributed by atoms with Crippen molar-refractivity contribution < 1.29 is 28.7 Å². The predicted molar refractivity (Wildman–Crippen MR) is 110 cm³/mol. The highest BCUT2D eigenvalue weighted by Gasteiger charge is 2.44. The van der Waals surface area contributed by atoms with Crippen LogP contribution < -0.4 is 16.0 Å². The second-order valence-electron chi connectivity index (χ2n) is 8.02. The first-order valence-electron chi connectivity index (χ1n) is 10.7. The molecule has 168 valence electrons. The van der Waals surface area contributed by atoms with Crippen LogP contribution in [0.15, 0.2) is 30.3 Å². The van der Waals surface area contributed by atoms with Crippen LogP contribution in [-0.4, -0.2) is 42.2 Å². The van der Waals surface area contributed by atoms with E-state index in [-0.39, 0.29) is 6.61 Å². The Kier molecular flexibility index (Phi) is 7.86. The van der Waals surface area contributed by atoms with Crippen LogP contribution >= 0.6 is 0 Å². The molecule has 1 aliphatic heterocycles. The monoisotopic (exact) mass is 431 g/mol. The fourth-order valence-corrected chi connectivity index (χ4v) is 3.92. The van der Waals surface area contributed by atoms with Gasteiger partial charge in [-0.05, 0) is 17.9 Å². The molecule has 31 heavy (non-hydrogen) atoms. The van der Waals surface area contributed by atoms with Crippen molar-refractivity contribution in [3.05, 3.63) is 35.9 Å². The summed E-state index contributed by atoms with van der Waals surface area (Å²) in [5.41, 5.74) is 0.835. The number of alkyl carbamates (subject to hydrolysis) is 1. The average Bonchev–Trinajstić information content (AvgIpc) is 2.76. The van der Waals surface area contributed by atoms with Crippen LogP contribution in [0.5, 0.6) is 0 Å². The molecule has 9 heteroatoms. The van der Waals surface area contributed by atoms with Crippen molar-refractivity contribution in [2.45, 2.75) is 70.4 Å². The van der Waals surface area contributed by atoms with Crippen molar-refractivity contribution in [1.82, 2.24) is 16.0 Å². The van der Waals surface area contributed by atoms with E-state index >= 15 is 0 Å². The SMILES string of the molecule is CC(=O)O[C@@H]1NC(=O)[C@H]1NC(=O)[C@H](CC1CCCCC1)NC(=O)OCc1ccccc1. The zero-order valence-electron chi connectivity index (χ0n) is 17.6. The number of nitrogens with one attached hydrogen (secondary N) is 3. The van der Waals surface area contributed by atoms with Crippen molar-refractivity contribution in [2.24, 2.45) is 5.92 Å². The summed E-state index contributed by atoms with van der Waals surface area (Å²) in [5, 5.41) is 7.66. The molecular weight excluding hydrogens is 402 g/mol. The van der Waals surface area contributed by atoms with Crippen LogP contribution in [0.3, 0.4) is 0 Å². The minimum Gasteiger partial charge on any atom is -0.445 e. The van der Waals surface area contributed by atoms with Gasteiger partial charge in [-0.25, -0.2) is 4.79 Å². The molecular formula is C22H29N3O6. The number of carbonyl (C=O) groups is 4. The van der Waals surface area contributed by atoms with E-state index in [2.05, 4.69) is 16.0 Å². The molecule has 3 N–H and O–H groups in total. The summed E-state index contributed by atoms with van der Waals surface area (Å²) in [7, 11) is 0. The number of β-lactam (4-membered cyclic amide) rings is 1. The maximum atomic E-state index is 12.9. The zero-order valence-corrected chi connectivity index (χ0v) is 17.6. The standard InChI is InChI=1S/C22H29N3O6/c1-14(26)31-21-18(20(28)25-21)24-19(27)17(12-15-8-4-2-5-9-15)23-22(29)30-13-16-10-6-3-7-11-16/h3,6-7,10-11,15,17-18,21H,2,4-5,8-9,12-13H2,1H3,(H,23,29)(H,24,27)(H,25,28)/t17-,18+,21-/m0/s1. The Morgan fingerprint density at radius 1 is 1.13 bits per heavy atom. The van der Waals surface area contributed by atoms with Gasteiger partial charge in [0.05, 0.1) is 0 Å². The Labute approximate surface area is 181 Å². The lowest BCUT2D eigenvalue weighted by atomic mass is 9.84. The molecule has 3 atom stereocenters. The van der Waals surface area contributed by atoms with E-state index in [0.717, 1.165) is 31.2 Å². The third-order valence-electron chi connectivity index (χ3n) is 5.58. The molecule has 1 saturated heterocycles. The van der Waals surface area contributed by atoms with Crippen molar-refractivity contribution in [3.63, 3.8) is 0 Å². The van der Waals surface area contributed by atoms with Gasteiger partial charge >= 0.3 is 12.1 Å². The third kappa shape index (κ3) is 6.70. The summed E-state index contributed by atoms with van der Waals surface area (Å²) in [5.74, 6) is -1.20. The lowest BCUT2D eigenvalue weighted by Gasteiger charge is -2.36. The van der Waals surface area contributed by atoms with Crippen molar-refractivity contribution in [3.8, 4) is 0 Å². The molecule has 2 aliphatic rings. The van der Waals surface area contributed by atoms with Gasteiger partial charge in [-0.2, -0.15) is 0 Å². The van der Waals surface area contributed by atoms with Gasteiger partial charge in [0.2, 0.25) is 12.1 Å². The van der Waals surface area contributed by atoms with Crippen molar-refractivity contribution in [1.29, 1.82) is 0 Å². The highest BCUT2D eigenvalue weighted by atomic mass is 16.6. The normalized spacial score (nSPS) is 21.8. The lowest BCUT2D eigenvalue weighted by Crippen LogP contribution is -2.71. The Morgan fingerprint density at radius 3 is 2.48 bits per heavy atom. The number of rotatable bonds is 8. The third-order valence-corrected chi connectivity index (χ3v) is 5.58. The first-order chi connectivity index (χ1) is 14.9. The van der Waals surface area contributed by atoms with Crippen LogP contribution in [0.4, 0.5) is 4.79 Å². The van der Waals surface area contributed by atoms with Crippen molar-refractivity contribution in [2.75, 3.05) is 0 Å². The molecule has 0 aromatic heterocycles. The Bertz CT molecular complexity index is 794. The number of benzene rings is 1. The Morgan fingerprint density at radius 2 is 1.84 bits per heavy atom. The van der Waals surface area contributed by atoms with E-state index in [1.54, 1.807) is 0 Å². The highest BCUT2D eigenvalue weighted by molar-refractivity contribution is 5.95. The van der Waals surface area contributed by atoms with Gasteiger partial charge in [0.15, 0.2) is 6.04 Å². The van der Waals surface area contributed by atoms with E-state index in [9.17, 15) is 19.2 Å². The molecule has 1 aliphatic carbocycles. The smallest absolute Gasteiger partial charge is 0.408 e. The molecule has 0 radical (unpaired) electrons. The molecule has 3 rings (SSSR count). The fourth-order valence-electron chi connectivity index (χ4n) is 3.92. The van der Waals surface area contributed by atoms with Crippen molar-refractivity contribution >= 4 is 23.9 Å². The topological polar surface area (TPSA) is 123 Å². The molecule has 9 nitrogen and oxygen atoms in total.